The van der Waals surface area contributed by atoms with Gasteiger partial charge in [0.2, 0.25) is 0 Å². The predicted molar refractivity (Wildman–Crippen MR) is 94.9 cm³/mol. The first kappa shape index (κ1) is 17.7. The van der Waals surface area contributed by atoms with Crippen molar-refractivity contribution in [3.05, 3.63) is 47.3 Å². The molecule has 1 aromatic carbocycles. The van der Waals surface area contributed by atoms with Gasteiger partial charge in [-0.3, -0.25) is 0 Å². The van der Waals surface area contributed by atoms with Gasteiger partial charge in [0.05, 0.1) is 17.5 Å². The highest BCUT2D eigenvalue weighted by atomic mass is 16.3. The van der Waals surface area contributed by atoms with E-state index in [2.05, 4.69) is 31.3 Å². The third-order valence-electron chi connectivity index (χ3n) is 4.40. The van der Waals surface area contributed by atoms with E-state index in [1.54, 1.807) is 0 Å². The van der Waals surface area contributed by atoms with Gasteiger partial charge in [-0.25, -0.2) is 4.68 Å². The summed E-state index contributed by atoms with van der Waals surface area (Å²) in [5, 5.41) is 18.4. The van der Waals surface area contributed by atoms with Crippen LogP contribution in [0.2, 0.25) is 0 Å². The molecule has 2 rings (SSSR count). The monoisotopic (exact) mass is 315 g/mol. The van der Waals surface area contributed by atoms with Crippen molar-refractivity contribution in [2.24, 2.45) is 5.41 Å². The van der Waals surface area contributed by atoms with Gasteiger partial charge in [0.15, 0.2) is 0 Å². The third-order valence-corrected chi connectivity index (χ3v) is 4.40. The van der Waals surface area contributed by atoms with Crippen molar-refractivity contribution < 1.29 is 5.11 Å². The van der Waals surface area contributed by atoms with Crippen molar-refractivity contribution in [2.45, 2.75) is 53.7 Å². The van der Waals surface area contributed by atoms with E-state index in [0.717, 1.165) is 17.1 Å². The molecule has 2 atom stereocenters. The van der Waals surface area contributed by atoms with E-state index in [1.165, 1.54) is 5.56 Å². The molecule has 0 amide bonds. The molecule has 1 heterocycles. The Morgan fingerprint density at radius 1 is 1.17 bits per heavy atom. The Bertz CT molecular complexity index is 641. The van der Waals surface area contributed by atoms with Crippen LogP contribution < -0.4 is 5.32 Å². The van der Waals surface area contributed by atoms with Crippen LogP contribution in [-0.2, 0) is 0 Å². The molecule has 2 aromatic rings. The molecule has 0 aliphatic heterocycles. The molecular weight excluding hydrogens is 286 g/mol. The van der Waals surface area contributed by atoms with Crippen LogP contribution in [0.25, 0.3) is 5.69 Å². The Morgan fingerprint density at radius 2 is 1.78 bits per heavy atom. The SMILES string of the molecule is Cc1nn(-c2ccccc2)c(C)c1C(C)NCC(O)C(C)(C)C. The van der Waals surface area contributed by atoms with Gasteiger partial charge in [-0.2, -0.15) is 5.10 Å². The molecule has 0 saturated heterocycles. The molecule has 0 radical (unpaired) electrons. The lowest BCUT2D eigenvalue weighted by molar-refractivity contribution is 0.0609. The largest absolute Gasteiger partial charge is 0.391 e. The van der Waals surface area contributed by atoms with Crippen molar-refractivity contribution in [3.8, 4) is 5.69 Å². The molecule has 4 nitrogen and oxygen atoms in total. The van der Waals surface area contributed by atoms with E-state index in [0.29, 0.717) is 6.54 Å². The number of rotatable bonds is 5. The zero-order valence-corrected chi connectivity index (χ0v) is 15.1. The van der Waals surface area contributed by atoms with Crippen LogP contribution in [0.15, 0.2) is 30.3 Å². The van der Waals surface area contributed by atoms with Gasteiger partial charge in [0.1, 0.15) is 0 Å². The lowest BCUT2D eigenvalue weighted by Crippen LogP contribution is -2.37. The molecule has 4 heteroatoms. The summed E-state index contributed by atoms with van der Waals surface area (Å²) in [6.07, 6.45) is -0.380. The number of aliphatic hydroxyl groups is 1. The fourth-order valence-electron chi connectivity index (χ4n) is 2.80. The van der Waals surface area contributed by atoms with Crippen molar-refractivity contribution in [1.29, 1.82) is 0 Å². The third kappa shape index (κ3) is 4.01. The lowest BCUT2D eigenvalue weighted by Gasteiger charge is -2.27. The van der Waals surface area contributed by atoms with Crippen molar-refractivity contribution in [1.82, 2.24) is 15.1 Å². The summed E-state index contributed by atoms with van der Waals surface area (Å²) in [4.78, 5) is 0. The van der Waals surface area contributed by atoms with Crippen LogP contribution in [0.4, 0.5) is 0 Å². The van der Waals surface area contributed by atoms with Gasteiger partial charge in [-0.1, -0.05) is 39.0 Å². The number of aromatic nitrogens is 2. The molecule has 23 heavy (non-hydrogen) atoms. The van der Waals surface area contributed by atoms with Crippen LogP contribution in [0.5, 0.6) is 0 Å². The average Bonchev–Trinajstić information content (AvgIpc) is 2.79. The highest BCUT2D eigenvalue weighted by Gasteiger charge is 2.24. The summed E-state index contributed by atoms with van der Waals surface area (Å²) >= 11 is 0. The summed E-state index contributed by atoms with van der Waals surface area (Å²) < 4.78 is 1.99. The van der Waals surface area contributed by atoms with E-state index < -0.39 is 0 Å². The minimum Gasteiger partial charge on any atom is -0.391 e. The summed E-state index contributed by atoms with van der Waals surface area (Å²) in [7, 11) is 0. The van der Waals surface area contributed by atoms with Gasteiger partial charge in [0.25, 0.3) is 0 Å². The van der Waals surface area contributed by atoms with Gasteiger partial charge in [0, 0.05) is 23.8 Å². The molecule has 0 spiro atoms. The first-order valence-electron chi connectivity index (χ1n) is 8.24. The highest BCUT2D eigenvalue weighted by Crippen LogP contribution is 2.25. The molecule has 0 saturated carbocycles. The van der Waals surface area contributed by atoms with Gasteiger partial charge >= 0.3 is 0 Å². The Hall–Kier alpha value is -1.65. The Morgan fingerprint density at radius 3 is 2.35 bits per heavy atom. The summed E-state index contributed by atoms with van der Waals surface area (Å²) in [6.45, 7) is 13.0. The Balaban J connectivity index is 2.19. The molecule has 2 N–H and O–H groups in total. The minimum atomic E-state index is -0.380. The van der Waals surface area contributed by atoms with E-state index in [-0.39, 0.29) is 17.6 Å². The van der Waals surface area contributed by atoms with E-state index >= 15 is 0 Å². The second-order valence-corrected chi connectivity index (χ2v) is 7.34. The number of aliphatic hydroxyl groups excluding tert-OH is 1. The molecule has 0 aliphatic carbocycles. The number of hydrogen-bond donors (Lipinski definition) is 2. The molecular formula is C19H29N3O. The van der Waals surface area contributed by atoms with Crippen LogP contribution in [0, 0.1) is 19.3 Å². The zero-order chi connectivity index (χ0) is 17.2. The van der Waals surface area contributed by atoms with E-state index in [1.807, 2.05) is 50.6 Å². The van der Waals surface area contributed by atoms with Crippen LogP contribution in [0.1, 0.15) is 50.7 Å². The van der Waals surface area contributed by atoms with E-state index in [4.69, 9.17) is 5.10 Å². The van der Waals surface area contributed by atoms with E-state index in [9.17, 15) is 5.11 Å². The number of nitrogens with one attached hydrogen (secondary N) is 1. The Kier molecular flexibility index (Phi) is 5.27. The van der Waals surface area contributed by atoms with Crippen LogP contribution >= 0.6 is 0 Å². The van der Waals surface area contributed by atoms with Gasteiger partial charge in [-0.05, 0) is 38.3 Å². The number of para-hydroxylation sites is 1. The summed E-state index contributed by atoms with van der Waals surface area (Å²) in [6, 6.07) is 10.3. The quantitative estimate of drug-likeness (QED) is 0.887. The Labute approximate surface area is 139 Å². The van der Waals surface area contributed by atoms with Crippen LogP contribution in [0.3, 0.4) is 0 Å². The average molecular weight is 315 g/mol. The smallest absolute Gasteiger partial charge is 0.0712 e. The zero-order valence-electron chi connectivity index (χ0n) is 15.1. The molecule has 2 unspecified atom stereocenters. The summed E-state index contributed by atoms with van der Waals surface area (Å²) in [5.74, 6) is 0. The highest BCUT2D eigenvalue weighted by molar-refractivity contribution is 5.38. The number of benzene rings is 1. The predicted octanol–water partition coefficient (Wildman–Crippen LogP) is 3.55. The molecule has 0 fully saturated rings. The second kappa shape index (κ2) is 6.85. The number of aryl methyl sites for hydroxylation is 1. The topological polar surface area (TPSA) is 50.1 Å². The number of hydrogen-bond acceptors (Lipinski definition) is 3. The van der Waals surface area contributed by atoms with Crippen molar-refractivity contribution in [2.75, 3.05) is 6.54 Å². The second-order valence-electron chi connectivity index (χ2n) is 7.34. The molecule has 1 aromatic heterocycles. The number of nitrogens with zero attached hydrogens (tertiary/aromatic N) is 2. The minimum absolute atomic E-state index is 0.120. The van der Waals surface area contributed by atoms with Gasteiger partial charge < -0.3 is 10.4 Å². The fourth-order valence-corrected chi connectivity index (χ4v) is 2.80. The lowest BCUT2D eigenvalue weighted by atomic mass is 9.89. The fraction of sp³-hybridized carbons (Fsp3) is 0.526. The molecule has 0 aliphatic rings. The standard InChI is InChI=1S/C19H29N3O/c1-13(20-12-17(23)19(4,5)6)18-14(2)21-22(15(18)3)16-10-8-7-9-11-16/h7-11,13,17,20,23H,12H2,1-6H3. The first-order chi connectivity index (χ1) is 10.7. The maximum absolute atomic E-state index is 10.2. The van der Waals surface area contributed by atoms with Crippen molar-refractivity contribution >= 4 is 0 Å². The van der Waals surface area contributed by atoms with Crippen LogP contribution in [-0.4, -0.2) is 27.5 Å². The van der Waals surface area contributed by atoms with Gasteiger partial charge in [-0.15, -0.1) is 0 Å². The first-order valence-corrected chi connectivity index (χ1v) is 8.24. The maximum Gasteiger partial charge on any atom is 0.0712 e. The summed E-state index contributed by atoms with van der Waals surface area (Å²) in [5.41, 5.74) is 4.32. The molecule has 126 valence electrons. The maximum atomic E-state index is 10.2. The normalized spacial score (nSPS) is 14.7. The van der Waals surface area contributed by atoms with Crippen molar-refractivity contribution in [3.63, 3.8) is 0 Å². The molecule has 0 bridgehead atoms.